The molecule has 3 N–H and O–H groups in total. The first-order valence-electron chi connectivity index (χ1n) is 6.81. The summed E-state index contributed by atoms with van der Waals surface area (Å²) >= 11 is 0. The molecule has 0 radical (unpaired) electrons. The number of aromatic carboxylic acids is 1. The Morgan fingerprint density at radius 2 is 2.19 bits per heavy atom. The van der Waals surface area contributed by atoms with Crippen molar-refractivity contribution in [3.05, 3.63) is 18.0 Å². The number of hydrogen-bond acceptors (Lipinski definition) is 5. The molecule has 1 aliphatic carbocycles. The number of anilines is 1. The zero-order chi connectivity index (χ0) is 15.4. The van der Waals surface area contributed by atoms with Gasteiger partial charge in [0, 0.05) is 24.7 Å². The zero-order valence-corrected chi connectivity index (χ0v) is 12.2. The summed E-state index contributed by atoms with van der Waals surface area (Å²) in [6, 6.07) is 0.0106. The number of nitrogens with zero attached hydrogens (tertiary/aromatic N) is 3. The predicted molar refractivity (Wildman–Crippen MR) is 77.3 cm³/mol. The summed E-state index contributed by atoms with van der Waals surface area (Å²) < 4.78 is 1.60. The molecular weight excluding hydrogens is 272 g/mol. The van der Waals surface area contributed by atoms with Crippen molar-refractivity contribution in [3.8, 4) is 0 Å². The lowest BCUT2D eigenvalue weighted by Gasteiger charge is -2.50. The van der Waals surface area contributed by atoms with Gasteiger partial charge in [0.25, 0.3) is 0 Å². The fourth-order valence-electron chi connectivity index (χ4n) is 2.74. The minimum Gasteiger partial charge on any atom is -0.478 e. The number of fused-ring (bicyclic) bond motifs is 1. The van der Waals surface area contributed by atoms with Gasteiger partial charge in [0.1, 0.15) is 5.56 Å². The van der Waals surface area contributed by atoms with Crippen molar-refractivity contribution in [3.63, 3.8) is 0 Å². The molecule has 7 nitrogen and oxygen atoms in total. The van der Waals surface area contributed by atoms with Gasteiger partial charge in [-0.1, -0.05) is 13.8 Å². The molecule has 2 unspecified atom stereocenters. The third kappa shape index (κ3) is 1.96. The monoisotopic (exact) mass is 290 g/mol. The van der Waals surface area contributed by atoms with Crippen molar-refractivity contribution in [1.29, 1.82) is 0 Å². The molecule has 21 heavy (non-hydrogen) atoms. The number of carboxylic acids is 1. The molecule has 0 amide bonds. The van der Waals surface area contributed by atoms with Gasteiger partial charge in [-0.3, -0.25) is 4.68 Å². The molecule has 2 aromatic rings. The molecule has 2 atom stereocenters. The number of pyridine rings is 1. The normalized spacial score (nSPS) is 23.8. The van der Waals surface area contributed by atoms with Crippen LogP contribution in [0.1, 0.15) is 30.6 Å². The Morgan fingerprint density at radius 1 is 1.48 bits per heavy atom. The molecular formula is C14H18N4O3. The Kier molecular flexibility index (Phi) is 2.91. The van der Waals surface area contributed by atoms with E-state index in [9.17, 15) is 15.0 Å². The van der Waals surface area contributed by atoms with Gasteiger partial charge >= 0.3 is 5.97 Å². The van der Waals surface area contributed by atoms with E-state index in [2.05, 4.69) is 15.4 Å². The molecule has 0 aromatic carbocycles. The number of aliphatic hydroxyl groups is 1. The van der Waals surface area contributed by atoms with Crippen molar-refractivity contribution in [2.24, 2.45) is 12.5 Å². The minimum atomic E-state index is -1.03. The molecule has 0 spiro atoms. The first-order chi connectivity index (χ1) is 9.82. The number of hydrogen-bond donors (Lipinski definition) is 3. The summed E-state index contributed by atoms with van der Waals surface area (Å²) in [7, 11) is 1.76. The molecule has 1 aliphatic rings. The molecule has 0 bridgehead atoms. The highest BCUT2D eigenvalue weighted by Crippen LogP contribution is 2.43. The van der Waals surface area contributed by atoms with E-state index in [1.54, 1.807) is 17.9 Å². The molecule has 112 valence electrons. The smallest absolute Gasteiger partial charge is 0.339 e. The van der Waals surface area contributed by atoms with Crippen molar-refractivity contribution >= 4 is 22.7 Å². The van der Waals surface area contributed by atoms with Crippen molar-refractivity contribution in [2.75, 3.05) is 5.32 Å². The van der Waals surface area contributed by atoms with E-state index < -0.39 is 5.97 Å². The Balaban J connectivity index is 2.07. The summed E-state index contributed by atoms with van der Waals surface area (Å²) in [6.07, 6.45) is 3.17. The molecule has 0 aliphatic heterocycles. The SMILES string of the molecule is Cn1ncc2c(NC3CC(O)C3(C)C)c(C(=O)O)cnc21. The maximum atomic E-state index is 11.4. The lowest BCUT2D eigenvalue weighted by Crippen LogP contribution is -2.57. The van der Waals surface area contributed by atoms with Crippen LogP contribution in [0.15, 0.2) is 12.4 Å². The summed E-state index contributed by atoms with van der Waals surface area (Å²) in [5.74, 6) is -1.03. The van der Waals surface area contributed by atoms with Crippen LogP contribution >= 0.6 is 0 Å². The van der Waals surface area contributed by atoms with Gasteiger partial charge in [0.15, 0.2) is 5.65 Å². The largest absolute Gasteiger partial charge is 0.478 e. The van der Waals surface area contributed by atoms with Gasteiger partial charge in [-0.15, -0.1) is 0 Å². The van der Waals surface area contributed by atoms with Gasteiger partial charge < -0.3 is 15.5 Å². The van der Waals surface area contributed by atoms with Gasteiger partial charge in [-0.05, 0) is 6.42 Å². The maximum absolute atomic E-state index is 11.4. The molecule has 1 saturated carbocycles. The van der Waals surface area contributed by atoms with Crippen LogP contribution in [0.25, 0.3) is 11.0 Å². The second-order valence-electron chi connectivity index (χ2n) is 6.13. The highest BCUT2D eigenvalue weighted by molar-refractivity contribution is 6.03. The van der Waals surface area contributed by atoms with Gasteiger partial charge in [0.05, 0.1) is 23.4 Å². The molecule has 7 heteroatoms. The summed E-state index contributed by atoms with van der Waals surface area (Å²) in [5, 5.41) is 27.3. The quantitative estimate of drug-likeness (QED) is 0.786. The minimum absolute atomic E-state index is 0.0106. The van der Waals surface area contributed by atoms with E-state index >= 15 is 0 Å². The first kappa shape index (κ1) is 13.8. The van der Waals surface area contributed by atoms with E-state index in [1.165, 1.54) is 6.20 Å². The summed E-state index contributed by atoms with van der Waals surface area (Å²) in [5.41, 5.74) is 0.964. The number of carboxylic acid groups (broad SMARTS) is 1. The van der Waals surface area contributed by atoms with Crippen molar-refractivity contribution in [2.45, 2.75) is 32.4 Å². The van der Waals surface area contributed by atoms with Crippen molar-refractivity contribution < 1.29 is 15.0 Å². The average molecular weight is 290 g/mol. The fourth-order valence-corrected chi connectivity index (χ4v) is 2.74. The molecule has 1 fully saturated rings. The van der Waals surface area contributed by atoms with Crippen LogP contribution in [-0.4, -0.2) is 43.1 Å². The van der Waals surface area contributed by atoms with Crippen LogP contribution in [0.4, 0.5) is 5.69 Å². The first-order valence-corrected chi connectivity index (χ1v) is 6.81. The highest BCUT2D eigenvalue weighted by Gasteiger charge is 2.47. The van der Waals surface area contributed by atoms with E-state index in [4.69, 9.17) is 0 Å². The predicted octanol–water partition coefficient (Wildman–Crippen LogP) is 1.24. The Labute approximate surface area is 121 Å². The Morgan fingerprint density at radius 3 is 2.76 bits per heavy atom. The fraction of sp³-hybridized carbons (Fsp3) is 0.500. The zero-order valence-electron chi connectivity index (χ0n) is 12.2. The van der Waals surface area contributed by atoms with Crippen LogP contribution in [0.3, 0.4) is 0 Å². The van der Waals surface area contributed by atoms with E-state index in [0.717, 1.165) is 0 Å². The van der Waals surface area contributed by atoms with Crippen LogP contribution in [-0.2, 0) is 7.05 Å². The third-order valence-electron chi connectivity index (χ3n) is 4.53. The molecule has 2 heterocycles. The summed E-state index contributed by atoms with van der Waals surface area (Å²) in [4.78, 5) is 15.6. The van der Waals surface area contributed by atoms with E-state index in [-0.39, 0.29) is 23.1 Å². The van der Waals surface area contributed by atoms with Crippen LogP contribution in [0, 0.1) is 5.41 Å². The average Bonchev–Trinajstić information content (AvgIpc) is 2.80. The standard InChI is InChI=1S/C14H18N4O3/c1-14(2)9(4-10(14)19)17-11-7-6-16-18(3)12(7)15-5-8(11)13(20)21/h5-6,9-10,19H,4H2,1-3H3,(H,15,17)(H,20,21). The Bertz CT molecular complexity index is 722. The molecule has 0 saturated heterocycles. The highest BCUT2D eigenvalue weighted by atomic mass is 16.4. The maximum Gasteiger partial charge on any atom is 0.339 e. The Hall–Kier alpha value is -2.15. The third-order valence-corrected chi connectivity index (χ3v) is 4.53. The van der Waals surface area contributed by atoms with Crippen molar-refractivity contribution in [1.82, 2.24) is 14.8 Å². The lowest BCUT2D eigenvalue weighted by atomic mass is 9.64. The second-order valence-corrected chi connectivity index (χ2v) is 6.13. The van der Waals surface area contributed by atoms with Gasteiger partial charge in [-0.2, -0.15) is 5.10 Å². The number of nitrogens with one attached hydrogen (secondary N) is 1. The number of aliphatic hydroxyl groups excluding tert-OH is 1. The lowest BCUT2D eigenvalue weighted by molar-refractivity contribution is -0.0510. The molecule has 2 aromatic heterocycles. The number of aryl methyl sites for hydroxylation is 1. The van der Waals surface area contributed by atoms with E-state index in [1.807, 2.05) is 13.8 Å². The van der Waals surface area contributed by atoms with Crippen LogP contribution in [0.5, 0.6) is 0 Å². The van der Waals surface area contributed by atoms with Crippen LogP contribution < -0.4 is 5.32 Å². The topological polar surface area (TPSA) is 100 Å². The number of carbonyl (C=O) groups is 1. The van der Waals surface area contributed by atoms with Gasteiger partial charge in [-0.25, -0.2) is 9.78 Å². The molecule has 3 rings (SSSR count). The number of rotatable bonds is 3. The van der Waals surface area contributed by atoms with E-state index in [0.29, 0.717) is 23.1 Å². The van der Waals surface area contributed by atoms with Gasteiger partial charge in [0.2, 0.25) is 0 Å². The summed E-state index contributed by atoms with van der Waals surface area (Å²) in [6.45, 7) is 3.92. The second kappa shape index (κ2) is 4.42. The van der Waals surface area contributed by atoms with Crippen LogP contribution in [0.2, 0.25) is 0 Å². The number of aromatic nitrogens is 3.